The lowest BCUT2D eigenvalue weighted by Gasteiger charge is -2.37. The van der Waals surface area contributed by atoms with Gasteiger partial charge in [-0.15, -0.1) is 25.3 Å². The van der Waals surface area contributed by atoms with Gasteiger partial charge in [0.25, 0.3) is 0 Å². The summed E-state index contributed by atoms with van der Waals surface area (Å²) in [6.45, 7) is 4.29. The van der Waals surface area contributed by atoms with Crippen LogP contribution in [0.3, 0.4) is 0 Å². The fourth-order valence-electron chi connectivity index (χ4n) is 6.34. The van der Waals surface area contributed by atoms with Crippen LogP contribution in [0.5, 0.6) is 0 Å². The third-order valence-corrected chi connectivity index (χ3v) is 9.14. The Morgan fingerprint density at radius 2 is 1.16 bits per heavy atom. The van der Waals surface area contributed by atoms with E-state index in [1.807, 2.05) is 0 Å². The van der Waals surface area contributed by atoms with Crippen molar-refractivity contribution in [3.05, 3.63) is 141 Å². The molecule has 37 heavy (non-hydrogen) atoms. The molecule has 178 valence electrons. The molecule has 2 heteroatoms. The minimum absolute atomic E-state index is 0.449. The van der Waals surface area contributed by atoms with Crippen LogP contribution in [0, 0.1) is 13.8 Å². The molecule has 0 spiro atoms. The lowest BCUT2D eigenvalue weighted by molar-refractivity contribution is 0.823. The van der Waals surface area contributed by atoms with Gasteiger partial charge in [-0.1, -0.05) is 91.0 Å². The molecule has 0 saturated heterocycles. The Labute approximate surface area is 228 Å². The van der Waals surface area contributed by atoms with Crippen LogP contribution in [0.15, 0.2) is 119 Å². The molecule has 0 radical (unpaired) electrons. The molecule has 0 unspecified atom stereocenters. The minimum Gasteiger partial charge on any atom is -0.143 e. The van der Waals surface area contributed by atoms with Crippen LogP contribution in [0.4, 0.5) is 0 Å². The predicted molar refractivity (Wildman–Crippen MR) is 163 cm³/mol. The summed E-state index contributed by atoms with van der Waals surface area (Å²) in [5, 5.41) is 7.86. The van der Waals surface area contributed by atoms with E-state index in [1.165, 1.54) is 65.4 Å². The highest BCUT2D eigenvalue weighted by atomic mass is 32.1. The zero-order chi connectivity index (χ0) is 25.3. The molecular weight excluding hydrogens is 485 g/mol. The summed E-state index contributed by atoms with van der Waals surface area (Å²) >= 11 is 9.42. The van der Waals surface area contributed by atoms with E-state index in [0.29, 0.717) is 0 Å². The van der Waals surface area contributed by atoms with Crippen molar-refractivity contribution in [1.82, 2.24) is 0 Å². The lowest BCUT2D eigenvalue weighted by Crippen LogP contribution is -2.36. The number of aryl methyl sites for hydroxylation is 2. The predicted octanol–water partition coefficient (Wildman–Crippen LogP) is 7.61. The molecule has 7 rings (SSSR count). The molecule has 0 N–H and O–H groups in total. The lowest BCUT2D eigenvalue weighted by atomic mass is 9.64. The van der Waals surface area contributed by atoms with Crippen LogP contribution in [0.2, 0.25) is 0 Å². The van der Waals surface area contributed by atoms with Crippen molar-refractivity contribution in [1.29, 1.82) is 0 Å². The number of hydrogen-bond donors (Lipinski definition) is 2. The quantitative estimate of drug-likeness (QED) is 0.177. The van der Waals surface area contributed by atoms with Crippen molar-refractivity contribution in [2.45, 2.75) is 29.1 Å². The van der Waals surface area contributed by atoms with Gasteiger partial charge in [-0.3, -0.25) is 0 Å². The SMILES string of the molecule is Cc1cc(C2(c3ccc(S)c(C)c3)C=CC=C3C=c4c(c5ccccc5c5ccccc45)=C32)ccc1S. The Morgan fingerprint density at radius 1 is 0.622 bits per heavy atom. The van der Waals surface area contributed by atoms with Gasteiger partial charge in [0.05, 0.1) is 5.41 Å². The second-order valence-corrected chi connectivity index (χ2v) is 11.2. The van der Waals surface area contributed by atoms with E-state index in [4.69, 9.17) is 25.3 Å². The van der Waals surface area contributed by atoms with Crippen molar-refractivity contribution in [3.63, 3.8) is 0 Å². The molecule has 5 aromatic rings. The van der Waals surface area contributed by atoms with Crippen LogP contribution in [-0.2, 0) is 5.41 Å². The van der Waals surface area contributed by atoms with E-state index in [9.17, 15) is 0 Å². The number of allylic oxidation sites excluding steroid dienone is 4. The van der Waals surface area contributed by atoms with Crippen molar-refractivity contribution in [3.8, 4) is 0 Å². The van der Waals surface area contributed by atoms with Crippen LogP contribution in [-0.4, -0.2) is 0 Å². The Morgan fingerprint density at radius 3 is 1.76 bits per heavy atom. The van der Waals surface area contributed by atoms with Gasteiger partial charge in [-0.2, -0.15) is 0 Å². The maximum Gasteiger partial charge on any atom is 0.0647 e. The molecule has 0 aliphatic heterocycles. The first-order valence-electron chi connectivity index (χ1n) is 12.6. The third kappa shape index (κ3) is 3.19. The molecule has 2 aliphatic carbocycles. The summed E-state index contributed by atoms with van der Waals surface area (Å²) in [7, 11) is 0. The molecule has 2 aliphatic rings. The summed E-state index contributed by atoms with van der Waals surface area (Å²) in [4.78, 5) is 2.02. The number of rotatable bonds is 2. The molecule has 0 atom stereocenters. The highest BCUT2D eigenvalue weighted by Gasteiger charge is 2.41. The fourth-order valence-corrected chi connectivity index (χ4v) is 6.62. The second kappa shape index (κ2) is 8.28. The molecule has 0 heterocycles. The number of fused-ring (bicyclic) bond motifs is 7. The van der Waals surface area contributed by atoms with Crippen molar-refractivity contribution in [2.24, 2.45) is 0 Å². The standard InChI is InChI=1S/C35H26S2/c1-21-18-24(13-15-31(21)36)35(25-14-16-32(37)22(2)19-25)17-7-8-23-20-30-28-11-4-3-9-26(28)27-10-5-6-12-29(27)33(30)34(23)35/h3-20,36-37H,1-2H3. The Hall–Kier alpha value is -3.46. The maximum atomic E-state index is 4.71. The van der Waals surface area contributed by atoms with Gasteiger partial charge in [-0.05, 0) is 97.4 Å². The topological polar surface area (TPSA) is 0 Å². The number of hydrogen-bond acceptors (Lipinski definition) is 2. The Kier molecular flexibility index (Phi) is 5.08. The molecule has 0 aromatic heterocycles. The molecule has 0 saturated carbocycles. The van der Waals surface area contributed by atoms with E-state index >= 15 is 0 Å². The summed E-state index contributed by atoms with van der Waals surface area (Å²) in [5.41, 5.74) is 7.05. The Balaban J connectivity index is 1.74. The fraction of sp³-hybridized carbons (Fsp3) is 0.0857. The van der Waals surface area contributed by atoms with Crippen LogP contribution < -0.4 is 10.4 Å². The molecule has 5 aromatic carbocycles. The molecule has 0 nitrogen and oxygen atoms in total. The van der Waals surface area contributed by atoms with E-state index < -0.39 is 5.41 Å². The average molecular weight is 511 g/mol. The zero-order valence-electron chi connectivity index (χ0n) is 20.8. The molecule has 0 amide bonds. The number of thiol groups is 2. The summed E-state index contributed by atoms with van der Waals surface area (Å²) in [6.07, 6.45) is 9.30. The van der Waals surface area contributed by atoms with Crippen LogP contribution >= 0.6 is 25.3 Å². The third-order valence-electron chi connectivity index (χ3n) is 8.13. The normalized spacial score (nSPS) is 15.5. The second-order valence-electron chi connectivity index (χ2n) is 10.2. The van der Waals surface area contributed by atoms with Gasteiger partial charge in [0.1, 0.15) is 0 Å². The van der Waals surface area contributed by atoms with Gasteiger partial charge in [-0.25, -0.2) is 0 Å². The first-order chi connectivity index (χ1) is 18.0. The van der Waals surface area contributed by atoms with Crippen molar-refractivity contribution >= 4 is 58.5 Å². The first-order valence-corrected chi connectivity index (χ1v) is 13.5. The van der Waals surface area contributed by atoms with Crippen LogP contribution in [0.1, 0.15) is 22.3 Å². The number of benzene rings is 5. The summed E-state index contributed by atoms with van der Waals surface area (Å²) < 4.78 is 0. The summed E-state index contributed by atoms with van der Waals surface area (Å²) in [5.74, 6) is 0. The first kappa shape index (κ1) is 22.7. The molecule has 0 bridgehead atoms. The van der Waals surface area contributed by atoms with Crippen molar-refractivity contribution < 1.29 is 0 Å². The van der Waals surface area contributed by atoms with Gasteiger partial charge in [0, 0.05) is 9.79 Å². The monoisotopic (exact) mass is 510 g/mol. The van der Waals surface area contributed by atoms with Gasteiger partial charge >= 0.3 is 0 Å². The minimum atomic E-state index is -0.449. The van der Waals surface area contributed by atoms with E-state index in [0.717, 1.165) is 9.79 Å². The summed E-state index contributed by atoms with van der Waals surface area (Å²) in [6, 6.07) is 31.1. The van der Waals surface area contributed by atoms with Gasteiger partial charge in [0.15, 0.2) is 0 Å². The maximum absolute atomic E-state index is 4.71. The van der Waals surface area contributed by atoms with Gasteiger partial charge in [0.2, 0.25) is 0 Å². The highest BCUT2D eigenvalue weighted by molar-refractivity contribution is 7.80. The Bertz CT molecular complexity index is 1920. The van der Waals surface area contributed by atoms with Crippen molar-refractivity contribution in [2.75, 3.05) is 0 Å². The van der Waals surface area contributed by atoms with E-state index in [1.54, 1.807) is 0 Å². The zero-order valence-corrected chi connectivity index (χ0v) is 22.6. The van der Waals surface area contributed by atoms with Crippen LogP contribution in [0.25, 0.3) is 33.2 Å². The van der Waals surface area contributed by atoms with Gasteiger partial charge < -0.3 is 0 Å². The molecule has 0 fully saturated rings. The van der Waals surface area contributed by atoms with E-state index in [2.05, 4.69) is 123 Å². The highest BCUT2D eigenvalue weighted by Crippen LogP contribution is 2.49. The van der Waals surface area contributed by atoms with E-state index in [-0.39, 0.29) is 0 Å². The average Bonchev–Trinajstić information content (AvgIpc) is 3.33. The smallest absolute Gasteiger partial charge is 0.0647 e. The molecular formula is C35H26S2. The largest absolute Gasteiger partial charge is 0.143 e.